The number of carboxylic acid groups (broad SMARTS) is 1. The molecule has 0 heterocycles. The minimum atomic E-state index is -4.62. The molecule has 0 saturated heterocycles. The molecule has 0 aliphatic carbocycles. The van der Waals surface area contributed by atoms with Crippen molar-refractivity contribution >= 4 is 5.97 Å². The summed E-state index contributed by atoms with van der Waals surface area (Å²) in [7, 11) is 0. The van der Waals surface area contributed by atoms with Gasteiger partial charge in [-0.15, -0.1) is 0 Å². The Labute approximate surface area is 153 Å². The molecule has 0 atom stereocenters. The maximum Gasteiger partial charge on any atom is 0.416 e. The van der Waals surface area contributed by atoms with E-state index in [1.165, 1.54) is 0 Å². The summed E-state index contributed by atoms with van der Waals surface area (Å²) in [6.45, 7) is 0.251. The van der Waals surface area contributed by atoms with E-state index in [1.807, 2.05) is 30.3 Å². The lowest BCUT2D eigenvalue weighted by molar-refractivity contribution is -0.137. The molecule has 0 unspecified atom stereocenters. The van der Waals surface area contributed by atoms with Crippen LogP contribution >= 0.6 is 0 Å². The highest BCUT2D eigenvalue weighted by atomic mass is 19.4. The summed E-state index contributed by atoms with van der Waals surface area (Å²) in [4.78, 5) is 11.6. The molecule has 3 rings (SSSR count). The van der Waals surface area contributed by atoms with Crippen molar-refractivity contribution < 1.29 is 27.8 Å². The van der Waals surface area contributed by atoms with Gasteiger partial charge in [0.15, 0.2) is 0 Å². The van der Waals surface area contributed by atoms with Crippen LogP contribution in [0.1, 0.15) is 21.5 Å². The third kappa shape index (κ3) is 4.28. The van der Waals surface area contributed by atoms with Crippen molar-refractivity contribution in [1.29, 1.82) is 0 Å². The number of ether oxygens (including phenoxy) is 1. The van der Waals surface area contributed by atoms with E-state index in [1.54, 1.807) is 24.3 Å². The van der Waals surface area contributed by atoms with Gasteiger partial charge in [0, 0.05) is 5.56 Å². The van der Waals surface area contributed by atoms with Gasteiger partial charge < -0.3 is 9.84 Å². The van der Waals surface area contributed by atoms with E-state index in [-0.39, 0.29) is 12.2 Å². The zero-order valence-electron chi connectivity index (χ0n) is 14.0. The molecule has 138 valence electrons. The van der Waals surface area contributed by atoms with Crippen molar-refractivity contribution in [1.82, 2.24) is 0 Å². The summed E-state index contributed by atoms with van der Waals surface area (Å²) in [6, 6.07) is 18.7. The fourth-order valence-corrected chi connectivity index (χ4v) is 2.68. The molecule has 1 N–H and O–H groups in total. The third-order valence-electron chi connectivity index (χ3n) is 3.99. The maximum absolute atomic E-state index is 12.9. The van der Waals surface area contributed by atoms with Gasteiger partial charge in [0.1, 0.15) is 12.4 Å². The Bertz CT molecular complexity index is 950. The van der Waals surface area contributed by atoms with E-state index in [2.05, 4.69) is 0 Å². The van der Waals surface area contributed by atoms with Crippen LogP contribution in [-0.4, -0.2) is 11.1 Å². The van der Waals surface area contributed by atoms with E-state index >= 15 is 0 Å². The maximum atomic E-state index is 12.9. The lowest BCUT2D eigenvalue weighted by atomic mass is 9.96. The van der Waals surface area contributed by atoms with Crippen LogP contribution in [0.25, 0.3) is 11.1 Å². The first kappa shape index (κ1) is 18.5. The Morgan fingerprint density at radius 2 is 1.56 bits per heavy atom. The van der Waals surface area contributed by atoms with Crippen LogP contribution in [0.5, 0.6) is 5.75 Å². The van der Waals surface area contributed by atoms with E-state index in [9.17, 15) is 23.1 Å². The van der Waals surface area contributed by atoms with Crippen molar-refractivity contribution in [3.63, 3.8) is 0 Å². The summed E-state index contributed by atoms with van der Waals surface area (Å²) in [5.74, 6) is -1.04. The van der Waals surface area contributed by atoms with Gasteiger partial charge in [0.05, 0.1) is 11.1 Å². The van der Waals surface area contributed by atoms with Crippen LogP contribution in [-0.2, 0) is 12.8 Å². The summed E-state index contributed by atoms with van der Waals surface area (Å²) in [5, 5.41) is 9.41. The minimum absolute atomic E-state index is 0.166. The van der Waals surface area contributed by atoms with Gasteiger partial charge in [0.25, 0.3) is 0 Å². The normalized spacial score (nSPS) is 11.2. The summed E-state index contributed by atoms with van der Waals surface area (Å²) in [6.07, 6.45) is -4.62. The number of hydrogen-bond donors (Lipinski definition) is 1. The molecule has 0 fully saturated rings. The number of rotatable bonds is 5. The topological polar surface area (TPSA) is 46.5 Å². The highest BCUT2D eigenvalue weighted by Gasteiger charge is 2.32. The highest BCUT2D eigenvalue weighted by Crippen LogP contribution is 2.37. The van der Waals surface area contributed by atoms with Gasteiger partial charge in [-0.3, -0.25) is 0 Å². The first-order valence-electron chi connectivity index (χ1n) is 8.07. The number of carboxylic acids is 1. The quantitative estimate of drug-likeness (QED) is 0.630. The van der Waals surface area contributed by atoms with Crippen molar-refractivity contribution in [2.75, 3.05) is 0 Å². The Morgan fingerprint density at radius 1 is 0.889 bits per heavy atom. The van der Waals surface area contributed by atoms with E-state index in [0.717, 1.165) is 17.7 Å². The fraction of sp³-hybridized carbons (Fsp3) is 0.0952. The second-order valence-corrected chi connectivity index (χ2v) is 5.83. The molecule has 0 saturated carbocycles. The molecule has 0 aromatic heterocycles. The number of halogens is 3. The second kappa shape index (κ2) is 7.53. The lowest BCUT2D eigenvalue weighted by Gasteiger charge is -2.15. The van der Waals surface area contributed by atoms with Gasteiger partial charge in [-0.25, -0.2) is 4.79 Å². The number of hydrogen-bond acceptors (Lipinski definition) is 2. The monoisotopic (exact) mass is 372 g/mol. The molecule has 0 spiro atoms. The predicted octanol–water partition coefficient (Wildman–Crippen LogP) is 5.65. The third-order valence-corrected chi connectivity index (χ3v) is 3.99. The molecule has 3 aromatic carbocycles. The first-order chi connectivity index (χ1) is 12.9. The molecule has 0 bridgehead atoms. The van der Waals surface area contributed by atoms with Gasteiger partial charge in [-0.05, 0) is 29.3 Å². The molecular weight excluding hydrogens is 357 g/mol. The van der Waals surface area contributed by atoms with E-state index in [4.69, 9.17) is 4.74 Å². The fourth-order valence-electron chi connectivity index (χ4n) is 2.68. The molecule has 0 amide bonds. The van der Waals surface area contributed by atoms with Crippen LogP contribution in [0, 0.1) is 0 Å². The lowest BCUT2D eigenvalue weighted by Crippen LogP contribution is -2.09. The predicted molar refractivity (Wildman–Crippen MR) is 94.6 cm³/mol. The molecule has 0 aliphatic rings. The summed E-state index contributed by atoms with van der Waals surface area (Å²) >= 11 is 0. The Kier molecular flexibility index (Phi) is 5.16. The van der Waals surface area contributed by atoms with Crippen LogP contribution < -0.4 is 4.74 Å². The number of para-hydroxylation sites is 1. The minimum Gasteiger partial charge on any atom is -0.488 e. The molecule has 3 nitrogen and oxygen atoms in total. The van der Waals surface area contributed by atoms with Gasteiger partial charge in [0.2, 0.25) is 0 Å². The summed E-state index contributed by atoms with van der Waals surface area (Å²) in [5.41, 5.74) is 0.0591. The number of aromatic carboxylic acids is 1. The van der Waals surface area contributed by atoms with Crippen LogP contribution in [0.2, 0.25) is 0 Å². The molecular formula is C21H15F3O3. The smallest absolute Gasteiger partial charge is 0.416 e. The van der Waals surface area contributed by atoms with E-state index < -0.39 is 23.3 Å². The largest absolute Gasteiger partial charge is 0.488 e. The molecule has 27 heavy (non-hydrogen) atoms. The van der Waals surface area contributed by atoms with Crippen LogP contribution in [0.15, 0.2) is 72.8 Å². The van der Waals surface area contributed by atoms with Gasteiger partial charge in [-0.2, -0.15) is 13.2 Å². The average molecular weight is 372 g/mol. The Balaban J connectivity index is 2.00. The van der Waals surface area contributed by atoms with Crippen LogP contribution in [0.3, 0.4) is 0 Å². The number of alkyl halides is 3. The number of carbonyl (C=O) groups is 1. The van der Waals surface area contributed by atoms with Crippen LogP contribution in [0.4, 0.5) is 13.2 Å². The second-order valence-electron chi connectivity index (χ2n) is 5.83. The van der Waals surface area contributed by atoms with Gasteiger partial charge in [-0.1, -0.05) is 54.6 Å². The standard InChI is InChI=1S/C21H15F3O3/c22-21(23,24)15-10-11-16(18(12-15)20(25)26)17-8-4-5-9-19(17)27-13-14-6-2-1-3-7-14/h1-12H,13H2,(H,25,26). The molecule has 3 aromatic rings. The zero-order valence-corrected chi connectivity index (χ0v) is 14.0. The first-order valence-corrected chi connectivity index (χ1v) is 8.07. The molecule has 0 aliphatic heterocycles. The number of benzene rings is 3. The van der Waals surface area contributed by atoms with E-state index in [0.29, 0.717) is 17.4 Å². The SMILES string of the molecule is O=C(O)c1cc(C(F)(F)F)ccc1-c1ccccc1OCc1ccccc1. The summed E-state index contributed by atoms with van der Waals surface area (Å²) < 4.78 is 44.6. The Hall–Kier alpha value is -3.28. The van der Waals surface area contributed by atoms with Crippen molar-refractivity contribution in [3.8, 4) is 16.9 Å². The zero-order chi connectivity index (χ0) is 19.4. The molecule has 0 radical (unpaired) electrons. The Morgan fingerprint density at radius 3 is 2.22 bits per heavy atom. The van der Waals surface area contributed by atoms with Gasteiger partial charge >= 0.3 is 12.1 Å². The van der Waals surface area contributed by atoms with Crippen molar-refractivity contribution in [2.24, 2.45) is 0 Å². The molecule has 6 heteroatoms. The highest BCUT2D eigenvalue weighted by molar-refractivity contribution is 5.97. The van der Waals surface area contributed by atoms with Crippen molar-refractivity contribution in [2.45, 2.75) is 12.8 Å². The van der Waals surface area contributed by atoms with Crippen molar-refractivity contribution in [3.05, 3.63) is 89.5 Å². The average Bonchev–Trinajstić information content (AvgIpc) is 2.66.